The fourth-order valence-electron chi connectivity index (χ4n) is 1.61. The molecule has 1 N–H and O–H groups in total. The molecule has 2 aromatic rings. The van der Waals surface area contributed by atoms with Crippen LogP contribution in [-0.2, 0) is 6.54 Å². The topological polar surface area (TPSA) is 41.0 Å². The molecule has 92 valence electrons. The minimum Gasteiger partial charge on any atom is -0.323 e. The van der Waals surface area contributed by atoms with Crippen molar-refractivity contribution in [3.05, 3.63) is 26.6 Å². The van der Waals surface area contributed by atoms with Crippen molar-refractivity contribution in [3.8, 4) is 0 Å². The Morgan fingerprint density at radius 2 is 2.35 bits per heavy atom. The van der Waals surface area contributed by atoms with Gasteiger partial charge < -0.3 is 9.88 Å². The zero-order chi connectivity index (χ0) is 12.4. The molecule has 0 fully saturated rings. The molecular weight excluding hydrogens is 254 g/mol. The molecule has 0 aliphatic carbocycles. The van der Waals surface area contributed by atoms with Crippen molar-refractivity contribution < 1.29 is 0 Å². The number of H-pyrrole nitrogens is 1. The van der Waals surface area contributed by atoms with Gasteiger partial charge in [-0.2, -0.15) is 0 Å². The Hall–Kier alpha value is -0.980. The van der Waals surface area contributed by atoms with Crippen molar-refractivity contribution in [2.75, 3.05) is 20.1 Å². The highest BCUT2D eigenvalue weighted by molar-refractivity contribution is 7.71. The third kappa shape index (κ3) is 2.48. The number of hydrogen-bond donors (Lipinski definition) is 1. The number of nitrogens with zero attached hydrogens (tertiary/aromatic N) is 2. The van der Waals surface area contributed by atoms with Gasteiger partial charge in [-0.3, -0.25) is 9.36 Å². The van der Waals surface area contributed by atoms with Gasteiger partial charge in [0.25, 0.3) is 5.56 Å². The summed E-state index contributed by atoms with van der Waals surface area (Å²) in [6.45, 7) is 4.51. The molecule has 2 aromatic heterocycles. The van der Waals surface area contributed by atoms with Crippen molar-refractivity contribution in [3.63, 3.8) is 0 Å². The Morgan fingerprint density at radius 3 is 3.06 bits per heavy atom. The van der Waals surface area contributed by atoms with Crippen molar-refractivity contribution >= 4 is 33.8 Å². The molecule has 0 amide bonds. The fraction of sp³-hybridized carbons (Fsp3) is 0.455. The minimum absolute atomic E-state index is 0.00880. The van der Waals surface area contributed by atoms with E-state index in [1.165, 1.54) is 11.3 Å². The summed E-state index contributed by atoms with van der Waals surface area (Å²) in [6.07, 6.45) is 0. The first-order chi connectivity index (χ1) is 8.13. The summed E-state index contributed by atoms with van der Waals surface area (Å²) < 4.78 is 2.14. The zero-order valence-electron chi connectivity index (χ0n) is 9.90. The molecule has 0 saturated carbocycles. The van der Waals surface area contributed by atoms with E-state index in [1.54, 1.807) is 4.57 Å². The predicted molar refractivity (Wildman–Crippen MR) is 74.4 cm³/mol. The summed E-state index contributed by atoms with van der Waals surface area (Å²) >= 11 is 6.72. The standard InChI is InChI=1S/C11H15N3OS2/c1-3-13(2)5-6-14-10(15)8-4-7-17-9(8)12-11(14)16/h4,7H,3,5-6H2,1-2H3,(H,12,16). The van der Waals surface area contributed by atoms with Gasteiger partial charge in [-0.25, -0.2) is 0 Å². The summed E-state index contributed by atoms with van der Waals surface area (Å²) in [6, 6.07) is 1.84. The van der Waals surface area contributed by atoms with E-state index in [-0.39, 0.29) is 5.56 Å². The van der Waals surface area contributed by atoms with Crippen LogP contribution in [0.4, 0.5) is 0 Å². The van der Waals surface area contributed by atoms with Gasteiger partial charge in [-0.1, -0.05) is 6.92 Å². The average Bonchev–Trinajstić information content (AvgIpc) is 2.76. The van der Waals surface area contributed by atoms with Crippen molar-refractivity contribution in [2.24, 2.45) is 0 Å². The maximum atomic E-state index is 12.2. The second kappa shape index (κ2) is 5.12. The molecular formula is C11H15N3OS2. The normalized spacial score (nSPS) is 11.5. The number of hydrogen-bond acceptors (Lipinski definition) is 4. The molecule has 0 aromatic carbocycles. The maximum Gasteiger partial charge on any atom is 0.263 e. The van der Waals surface area contributed by atoms with Crippen LogP contribution in [0.5, 0.6) is 0 Å². The largest absolute Gasteiger partial charge is 0.323 e. The quantitative estimate of drug-likeness (QED) is 0.864. The van der Waals surface area contributed by atoms with Crippen LogP contribution in [0.15, 0.2) is 16.2 Å². The molecule has 6 heteroatoms. The van der Waals surface area contributed by atoms with E-state index >= 15 is 0 Å². The Balaban J connectivity index is 2.40. The van der Waals surface area contributed by atoms with Crippen LogP contribution >= 0.6 is 23.6 Å². The lowest BCUT2D eigenvalue weighted by molar-refractivity contribution is 0.332. The summed E-state index contributed by atoms with van der Waals surface area (Å²) in [5.41, 5.74) is 0.00880. The lowest BCUT2D eigenvalue weighted by Crippen LogP contribution is -2.29. The molecule has 0 bridgehead atoms. The molecule has 0 aliphatic rings. The lowest BCUT2D eigenvalue weighted by atomic mass is 10.4. The maximum absolute atomic E-state index is 12.2. The van der Waals surface area contributed by atoms with Crippen LogP contribution < -0.4 is 5.56 Å². The molecule has 0 aliphatic heterocycles. The van der Waals surface area contributed by atoms with E-state index in [0.29, 0.717) is 11.3 Å². The third-order valence-corrected chi connectivity index (χ3v) is 4.00. The molecule has 0 atom stereocenters. The smallest absolute Gasteiger partial charge is 0.263 e. The highest BCUT2D eigenvalue weighted by Crippen LogP contribution is 2.13. The molecule has 2 heterocycles. The molecule has 0 radical (unpaired) electrons. The number of aromatic nitrogens is 2. The van der Waals surface area contributed by atoms with Gasteiger partial charge in [0.2, 0.25) is 0 Å². The monoisotopic (exact) mass is 269 g/mol. The number of likely N-dealkylation sites (N-methyl/N-ethyl adjacent to an activating group) is 1. The number of nitrogens with one attached hydrogen (secondary N) is 1. The van der Waals surface area contributed by atoms with Crippen LogP contribution in [0, 0.1) is 4.77 Å². The molecule has 17 heavy (non-hydrogen) atoms. The molecule has 0 unspecified atom stereocenters. The van der Waals surface area contributed by atoms with E-state index < -0.39 is 0 Å². The van der Waals surface area contributed by atoms with E-state index in [4.69, 9.17) is 12.2 Å². The lowest BCUT2D eigenvalue weighted by Gasteiger charge is -2.14. The fourth-order valence-corrected chi connectivity index (χ4v) is 2.73. The first-order valence-electron chi connectivity index (χ1n) is 5.52. The van der Waals surface area contributed by atoms with Gasteiger partial charge in [0.15, 0.2) is 4.77 Å². The third-order valence-electron chi connectivity index (χ3n) is 2.85. The molecule has 0 saturated heterocycles. The summed E-state index contributed by atoms with van der Waals surface area (Å²) in [7, 11) is 2.03. The van der Waals surface area contributed by atoms with Crippen LogP contribution in [0.25, 0.3) is 10.2 Å². The van der Waals surface area contributed by atoms with Gasteiger partial charge in [-0.15, -0.1) is 11.3 Å². The Morgan fingerprint density at radius 1 is 1.59 bits per heavy atom. The second-order valence-electron chi connectivity index (χ2n) is 3.95. The van der Waals surface area contributed by atoms with E-state index in [0.717, 1.165) is 23.3 Å². The van der Waals surface area contributed by atoms with Crippen LogP contribution in [-0.4, -0.2) is 34.6 Å². The zero-order valence-corrected chi connectivity index (χ0v) is 11.5. The van der Waals surface area contributed by atoms with Crippen molar-refractivity contribution in [1.29, 1.82) is 0 Å². The molecule has 0 spiro atoms. The van der Waals surface area contributed by atoms with Gasteiger partial charge in [0, 0.05) is 13.1 Å². The van der Waals surface area contributed by atoms with Gasteiger partial charge in [0.1, 0.15) is 4.83 Å². The van der Waals surface area contributed by atoms with Crippen molar-refractivity contribution in [2.45, 2.75) is 13.5 Å². The van der Waals surface area contributed by atoms with Gasteiger partial charge in [-0.05, 0) is 37.3 Å². The Labute approximate surface area is 109 Å². The summed E-state index contributed by atoms with van der Waals surface area (Å²) in [4.78, 5) is 18.3. The average molecular weight is 269 g/mol. The summed E-state index contributed by atoms with van der Waals surface area (Å²) in [5, 5.41) is 2.63. The first kappa shape index (κ1) is 12.5. The highest BCUT2D eigenvalue weighted by atomic mass is 32.1. The van der Waals surface area contributed by atoms with E-state index in [9.17, 15) is 4.79 Å². The second-order valence-corrected chi connectivity index (χ2v) is 5.25. The number of aromatic amines is 1. The Kier molecular flexibility index (Phi) is 3.76. The van der Waals surface area contributed by atoms with Crippen LogP contribution in [0.1, 0.15) is 6.92 Å². The minimum atomic E-state index is 0.00880. The van der Waals surface area contributed by atoms with Gasteiger partial charge in [0.05, 0.1) is 5.39 Å². The van der Waals surface area contributed by atoms with Crippen LogP contribution in [0.3, 0.4) is 0 Å². The van der Waals surface area contributed by atoms with Crippen molar-refractivity contribution in [1.82, 2.24) is 14.5 Å². The van der Waals surface area contributed by atoms with Crippen LogP contribution in [0.2, 0.25) is 0 Å². The number of fused-ring (bicyclic) bond motifs is 1. The predicted octanol–water partition coefficient (Wildman–Crippen LogP) is 2.07. The van der Waals surface area contributed by atoms with E-state index in [1.807, 2.05) is 18.5 Å². The first-order valence-corrected chi connectivity index (χ1v) is 6.81. The SMILES string of the molecule is CCN(C)CCn1c(=S)[nH]c2sccc2c1=O. The molecule has 2 rings (SSSR count). The summed E-state index contributed by atoms with van der Waals surface area (Å²) in [5.74, 6) is 0. The number of thiophene rings is 1. The number of rotatable bonds is 4. The van der Waals surface area contributed by atoms with Gasteiger partial charge >= 0.3 is 0 Å². The molecule has 4 nitrogen and oxygen atoms in total. The Bertz CT molecular complexity index is 625. The van der Waals surface area contributed by atoms with E-state index in [2.05, 4.69) is 16.8 Å². The highest BCUT2D eigenvalue weighted by Gasteiger charge is 2.06.